The van der Waals surface area contributed by atoms with Gasteiger partial charge in [0.25, 0.3) is 20.2 Å². The summed E-state index contributed by atoms with van der Waals surface area (Å²) in [7, 11) is -8.85. The first-order chi connectivity index (χ1) is 17.1. The molecule has 6 nitrogen and oxygen atoms in total. The fourth-order valence-electron chi connectivity index (χ4n) is 6.79. The van der Waals surface area contributed by atoms with E-state index in [2.05, 4.69) is 12.1 Å². The molecule has 0 aromatic heterocycles. The fourth-order valence-corrected chi connectivity index (χ4v) is 7.82. The van der Waals surface area contributed by atoms with Crippen LogP contribution in [0.25, 0.3) is 0 Å². The minimum atomic E-state index is -4.42. The van der Waals surface area contributed by atoms with Crippen molar-refractivity contribution in [3.8, 4) is 0 Å². The Morgan fingerprint density at radius 2 is 0.694 bits per heavy atom. The Bertz CT molecular complexity index is 1690. The number of hydrogen-bond acceptors (Lipinski definition) is 4. The Balaban J connectivity index is 1.64. The molecule has 2 N–H and O–H groups in total. The zero-order chi connectivity index (χ0) is 25.0. The summed E-state index contributed by atoms with van der Waals surface area (Å²) in [6.45, 7) is 0. The molecule has 0 amide bonds. The predicted molar refractivity (Wildman–Crippen MR) is 133 cm³/mol. The van der Waals surface area contributed by atoms with Crippen molar-refractivity contribution in [3.05, 3.63) is 129 Å². The van der Waals surface area contributed by atoms with E-state index in [9.17, 15) is 25.9 Å². The van der Waals surface area contributed by atoms with Crippen molar-refractivity contribution in [3.63, 3.8) is 0 Å². The van der Waals surface area contributed by atoms with Gasteiger partial charge < -0.3 is 0 Å². The van der Waals surface area contributed by atoms with E-state index in [4.69, 9.17) is 0 Å². The molecule has 0 aliphatic heterocycles. The predicted octanol–water partition coefficient (Wildman–Crippen LogP) is 5.05. The topological polar surface area (TPSA) is 109 Å². The fraction of sp³-hybridized carbons (Fsp3) is 0.143. The molecule has 4 aromatic carbocycles. The second kappa shape index (κ2) is 7.14. The van der Waals surface area contributed by atoms with Crippen molar-refractivity contribution in [1.82, 2.24) is 0 Å². The summed E-state index contributed by atoms with van der Waals surface area (Å²) in [4.78, 5) is -0.331. The van der Waals surface area contributed by atoms with Crippen LogP contribution in [-0.2, 0) is 20.2 Å². The normalized spacial score (nSPS) is 23.2. The standard InChI is InChI=1S/C28H20O6S2/c29-35(30,31)15-9-11-21-23(13-15)27-19-7-3-1-5-17(19)25(21)26-18-6-2-4-8-20(18)28(27)24-14-16(36(32,33)34)10-12-22(24)26/h1-14,25-28H,(H,29,30,31)(H,32,33,34). The van der Waals surface area contributed by atoms with E-state index < -0.39 is 20.2 Å². The Kier molecular flexibility index (Phi) is 4.35. The third kappa shape index (κ3) is 2.90. The van der Waals surface area contributed by atoms with Gasteiger partial charge in [-0.3, -0.25) is 9.11 Å². The minimum Gasteiger partial charge on any atom is -0.282 e. The molecular weight excluding hydrogens is 496 g/mol. The summed E-state index contributed by atoms with van der Waals surface area (Å²) in [6.07, 6.45) is 0. The van der Waals surface area contributed by atoms with Crippen LogP contribution < -0.4 is 0 Å². The van der Waals surface area contributed by atoms with Gasteiger partial charge in [0.15, 0.2) is 0 Å². The highest BCUT2D eigenvalue weighted by molar-refractivity contribution is 7.86. The van der Waals surface area contributed by atoms with E-state index in [-0.39, 0.29) is 33.5 Å². The molecular formula is C28H20O6S2. The van der Waals surface area contributed by atoms with E-state index in [0.29, 0.717) is 0 Å². The van der Waals surface area contributed by atoms with Gasteiger partial charge in [0, 0.05) is 23.7 Å². The smallest absolute Gasteiger partial charge is 0.282 e. The van der Waals surface area contributed by atoms with Crippen LogP contribution in [0.15, 0.2) is 94.7 Å². The molecule has 4 aromatic rings. The maximum Gasteiger partial charge on any atom is 0.294 e. The number of hydrogen-bond donors (Lipinski definition) is 2. The average Bonchev–Trinajstić information content (AvgIpc) is 2.83. The highest BCUT2D eigenvalue weighted by atomic mass is 32.2. The first-order valence-electron chi connectivity index (χ1n) is 11.5. The maximum absolute atomic E-state index is 12.1. The third-order valence-electron chi connectivity index (χ3n) is 8.05. The highest BCUT2D eigenvalue weighted by Crippen LogP contribution is 2.64. The lowest BCUT2D eigenvalue weighted by Gasteiger charge is -2.50. The van der Waals surface area contributed by atoms with E-state index in [1.54, 1.807) is 12.1 Å². The van der Waals surface area contributed by atoms with Crippen molar-refractivity contribution in [2.75, 3.05) is 0 Å². The zero-order valence-corrected chi connectivity index (χ0v) is 20.4. The van der Waals surface area contributed by atoms with Crippen LogP contribution in [-0.4, -0.2) is 25.9 Å². The lowest BCUT2D eigenvalue weighted by Crippen LogP contribution is -2.36. The Morgan fingerprint density at radius 3 is 1.00 bits per heavy atom. The molecule has 6 aliphatic rings. The van der Waals surface area contributed by atoms with Crippen molar-refractivity contribution in [2.24, 2.45) is 0 Å². The van der Waals surface area contributed by atoms with Gasteiger partial charge >= 0.3 is 0 Å². The highest BCUT2D eigenvalue weighted by Gasteiger charge is 2.50. The van der Waals surface area contributed by atoms with Gasteiger partial charge in [0.1, 0.15) is 0 Å². The molecule has 4 bridgehead atoms. The van der Waals surface area contributed by atoms with Gasteiger partial charge in [0.05, 0.1) is 9.79 Å². The van der Waals surface area contributed by atoms with Gasteiger partial charge in [-0.15, -0.1) is 0 Å². The molecule has 0 radical (unpaired) electrons. The molecule has 10 rings (SSSR count). The maximum atomic E-state index is 12.1. The second-order valence-corrected chi connectivity index (χ2v) is 12.5. The van der Waals surface area contributed by atoms with Crippen LogP contribution in [0, 0.1) is 0 Å². The van der Waals surface area contributed by atoms with Crippen molar-refractivity contribution >= 4 is 20.2 Å². The molecule has 36 heavy (non-hydrogen) atoms. The first-order valence-corrected chi connectivity index (χ1v) is 14.4. The summed E-state index contributed by atoms with van der Waals surface area (Å²) < 4.78 is 68.1. The largest absolute Gasteiger partial charge is 0.294 e. The molecule has 0 spiro atoms. The summed E-state index contributed by atoms with van der Waals surface area (Å²) in [5.41, 5.74) is 8.03. The summed E-state index contributed by atoms with van der Waals surface area (Å²) in [6, 6.07) is 25.9. The lowest BCUT2D eigenvalue weighted by molar-refractivity contribution is 0.478. The Hall–Kier alpha value is -3.30. The summed E-state index contributed by atoms with van der Waals surface area (Å²) in [5, 5.41) is 0. The molecule has 8 heteroatoms. The molecule has 4 atom stereocenters. The summed E-state index contributed by atoms with van der Waals surface area (Å²) >= 11 is 0. The molecule has 0 fully saturated rings. The van der Waals surface area contributed by atoms with E-state index in [1.807, 2.05) is 48.5 Å². The SMILES string of the molecule is O=S(=O)(O)c1ccc2c(c1)C1c3ccccc3C2C2c3ccccc3C1c1cc(S(=O)(=O)O)ccc12. The van der Waals surface area contributed by atoms with Crippen LogP contribution in [0.4, 0.5) is 0 Å². The van der Waals surface area contributed by atoms with E-state index in [0.717, 1.165) is 44.5 Å². The van der Waals surface area contributed by atoms with Crippen LogP contribution in [0.5, 0.6) is 0 Å². The van der Waals surface area contributed by atoms with Crippen LogP contribution in [0.1, 0.15) is 68.2 Å². The van der Waals surface area contributed by atoms with Gasteiger partial charge in [0.2, 0.25) is 0 Å². The Morgan fingerprint density at radius 1 is 0.417 bits per heavy atom. The van der Waals surface area contributed by atoms with E-state index in [1.165, 1.54) is 12.1 Å². The monoisotopic (exact) mass is 516 g/mol. The summed E-state index contributed by atoms with van der Waals surface area (Å²) in [5.74, 6) is -0.958. The molecule has 0 saturated heterocycles. The van der Waals surface area contributed by atoms with Gasteiger partial charge in [-0.1, -0.05) is 60.7 Å². The number of rotatable bonds is 2. The first kappa shape index (κ1) is 21.9. The van der Waals surface area contributed by atoms with Crippen LogP contribution in [0.2, 0.25) is 0 Å². The second-order valence-electron chi connectivity index (χ2n) is 9.70. The quantitative estimate of drug-likeness (QED) is 0.361. The van der Waals surface area contributed by atoms with Crippen LogP contribution >= 0.6 is 0 Å². The molecule has 180 valence electrons. The average molecular weight is 517 g/mol. The van der Waals surface area contributed by atoms with Gasteiger partial charge in [-0.2, -0.15) is 16.8 Å². The minimum absolute atomic E-state index is 0.152. The van der Waals surface area contributed by atoms with Crippen molar-refractivity contribution in [2.45, 2.75) is 33.5 Å². The molecule has 0 heterocycles. The van der Waals surface area contributed by atoms with Gasteiger partial charge in [-0.05, 0) is 68.8 Å². The van der Waals surface area contributed by atoms with E-state index >= 15 is 0 Å². The van der Waals surface area contributed by atoms with Gasteiger partial charge in [-0.25, -0.2) is 0 Å². The lowest BCUT2D eigenvalue weighted by atomic mass is 9.53. The Labute approximate surface area is 208 Å². The van der Waals surface area contributed by atoms with Crippen LogP contribution in [0.3, 0.4) is 0 Å². The zero-order valence-electron chi connectivity index (χ0n) is 18.7. The molecule has 6 aliphatic carbocycles. The number of benzene rings is 4. The van der Waals surface area contributed by atoms with Crippen molar-refractivity contribution < 1.29 is 25.9 Å². The van der Waals surface area contributed by atoms with Crippen molar-refractivity contribution in [1.29, 1.82) is 0 Å². The third-order valence-corrected chi connectivity index (χ3v) is 9.75. The molecule has 4 unspecified atom stereocenters. The molecule has 0 saturated carbocycles.